The Kier molecular flexibility index (Phi) is 4.77. The third-order valence-electron chi connectivity index (χ3n) is 5.18. The lowest BCUT2D eigenvalue weighted by atomic mass is 10.0. The number of benzene rings is 2. The summed E-state index contributed by atoms with van der Waals surface area (Å²) in [7, 11) is 1.61. The topological polar surface area (TPSA) is 93.9 Å². The first kappa shape index (κ1) is 18.1. The molecule has 28 heavy (non-hydrogen) atoms. The van der Waals surface area contributed by atoms with E-state index in [1.807, 2.05) is 18.2 Å². The molecule has 0 saturated carbocycles. The molecule has 1 fully saturated rings. The number of carbonyl (C=O) groups is 1. The highest BCUT2D eigenvalue weighted by atomic mass is 16.6. The molecule has 146 valence electrons. The average molecular weight is 383 g/mol. The van der Waals surface area contributed by atoms with E-state index in [2.05, 4.69) is 5.32 Å². The first-order chi connectivity index (χ1) is 13.6. The van der Waals surface area contributed by atoms with Crippen molar-refractivity contribution < 1.29 is 19.2 Å². The number of anilines is 1. The minimum Gasteiger partial charge on any atom is -0.486 e. The molecule has 4 rings (SSSR count). The number of nitro groups is 1. The van der Waals surface area contributed by atoms with Crippen molar-refractivity contribution in [2.24, 2.45) is 0 Å². The molecule has 0 bridgehead atoms. The van der Waals surface area contributed by atoms with Gasteiger partial charge >= 0.3 is 0 Å². The van der Waals surface area contributed by atoms with Crippen molar-refractivity contribution in [2.75, 3.05) is 32.1 Å². The summed E-state index contributed by atoms with van der Waals surface area (Å²) in [5.74, 6) is 1.20. The first-order valence-corrected chi connectivity index (χ1v) is 9.25. The van der Waals surface area contributed by atoms with Gasteiger partial charge in [0.1, 0.15) is 18.9 Å². The van der Waals surface area contributed by atoms with Gasteiger partial charge in [-0.1, -0.05) is 6.07 Å². The Balaban J connectivity index is 1.62. The van der Waals surface area contributed by atoms with Crippen LogP contribution in [0.2, 0.25) is 0 Å². The lowest BCUT2D eigenvalue weighted by Crippen LogP contribution is -2.30. The number of nitrogens with one attached hydrogen (secondary N) is 1. The van der Waals surface area contributed by atoms with Crippen molar-refractivity contribution in [3.63, 3.8) is 0 Å². The van der Waals surface area contributed by atoms with Crippen molar-refractivity contribution in [3.8, 4) is 11.5 Å². The van der Waals surface area contributed by atoms with Crippen LogP contribution in [0.4, 0.5) is 11.4 Å². The zero-order chi connectivity index (χ0) is 19.7. The SMILES string of the molecule is CNc1ccc(C(=O)N2CCCC2c2ccc3c(c2)OCCO3)cc1[N+](=O)[O-]. The van der Waals surface area contributed by atoms with Gasteiger partial charge in [0.25, 0.3) is 11.6 Å². The van der Waals surface area contributed by atoms with Gasteiger partial charge < -0.3 is 19.7 Å². The van der Waals surface area contributed by atoms with Crippen molar-refractivity contribution in [3.05, 3.63) is 57.6 Å². The average Bonchev–Trinajstić information content (AvgIpc) is 3.22. The number of fused-ring (bicyclic) bond motifs is 1. The number of carbonyl (C=O) groups excluding carboxylic acids is 1. The molecule has 0 aliphatic carbocycles. The number of amides is 1. The third kappa shape index (κ3) is 3.21. The quantitative estimate of drug-likeness (QED) is 0.642. The van der Waals surface area contributed by atoms with Crippen LogP contribution in [0.25, 0.3) is 0 Å². The summed E-state index contributed by atoms with van der Waals surface area (Å²) in [6.45, 7) is 1.65. The standard InChI is InChI=1S/C20H21N3O5/c1-21-15-6-4-14(11-17(15)23(25)26)20(24)22-8-2-3-16(22)13-5-7-18-19(12-13)28-10-9-27-18/h4-7,11-12,16,21H,2-3,8-10H2,1H3. The van der Waals surface area contributed by atoms with Crippen LogP contribution in [0, 0.1) is 10.1 Å². The van der Waals surface area contributed by atoms with E-state index in [1.54, 1.807) is 24.1 Å². The summed E-state index contributed by atoms with van der Waals surface area (Å²) in [5, 5.41) is 14.1. The van der Waals surface area contributed by atoms with Crippen molar-refractivity contribution in [1.29, 1.82) is 0 Å². The maximum atomic E-state index is 13.1. The minimum absolute atomic E-state index is 0.0913. The van der Waals surface area contributed by atoms with Gasteiger partial charge in [-0.15, -0.1) is 0 Å². The largest absolute Gasteiger partial charge is 0.486 e. The van der Waals surface area contributed by atoms with Gasteiger partial charge in [-0.2, -0.15) is 0 Å². The van der Waals surface area contributed by atoms with Crippen LogP contribution >= 0.6 is 0 Å². The Hall–Kier alpha value is -3.29. The minimum atomic E-state index is -0.481. The summed E-state index contributed by atoms with van der Waals surface area (Å²) in [6, 6.07) is 10.2. The maximum absolute atomic E-state index is 13.1. The second kappa shape index (κ2) is 7.38. The van der Waals surface area contributed by atoms with E-state index in [1.165, 1.54) is 6.07 Å². The molecule has 8 heteroatoms. The summed E-state index contributed by atoms with van der Waals surface area (Å²) < 4.78 is 11.2. The van der Waals surface area contributed by atoms with Crippen LogP contribution in [-0.4, -0.2) is 42.5 Å². The van der Waals surface area contributed by atoms with Crippen LogP contribution < -0.4 is 14.8 Å². The fraction of sp³-hybridized carbons (Fsp3) is 0.350. The Bertz CT molecular complexity index is 930. The number of rotatable bonds is 4. The second-order valence-electron chi connectivity index (χ2n) is 6.80. The third-order valence-corrected chi connectivity index (χ3v) is 5.18. The molecular formula is C20H21N3O5. The molecule has 1 amide bonds. The van der Waals surface area contributed by atoms with Crippen molar-refractivity contribution in [1.82, 2.24) is 4.90 Å². The molecule has 2 aromatic rings. The van der Waals surface area contributed by atoms with Crippen LogP contribution in [0.5, 0.6) is 11.5 Å². The molecule has 2 aromatic carbocycles. The molecule has 0 aromatic heterocycles. The van der Waals surface area contributed by atoms with Crippen molar-refractivity contribution >= 4 is 17.3 Å². The normalized spacial score (nSPS) is 18.0. The molecule has 2 heterocycles. The summed E-state index contributed by atoms with van der Waals surface area (Å²) >= 11 is 0. The molecule has 2 aliphatic rings. The number of hydrogen-bond acceptors (Lipinski definition) is 6. The van der Waals surface area contributed by atoms with Gasteiger partial charge in [0.05, 0.1) is 11.0 Å². The molecule has 1 N–H and O–H groups in total. The molecule has 1 unspecified atom stereocenters. The van der Waals surface area contributed by atoms with Gasteiger partial charge in [-0.25, -0.2) is 0 Å². The lowest BCUT2D eigenvalue weighted by Gasteiger charge is -2.27. The molecule has 2 aliphatic heterocycles. The number of likely N-dealkylation sites (tertiary alicyclic amines) is 1. The number of nitrogens with zero attached hydrogens (tertiary/aromatic N) is 2. The Morgan fingerprint density at radius 1 is 1.18 bits per heavy atom. The summed E-state index contributed by atoms with van der Waals surface area (Å²) in [5.41, 5.74) is 1.57. The van der Waals surface area contributed by atoms with Gasteiger partial charge in [0, 0.05) is 25.2 Å². The Labute approximate surface area is 162 Å². The fourth-order valence-corrected chi connectivity index (χ4v) is 3.82. The number of ether oxygens (including phenoxy) is 2. The van der Waals surface area contributed by atoms with E-state index in [9.17, 15) is 14.9 Å². The van der Waals surface area contributed by atoms with Crippen LogP contribution in [0.15, 0.2) is 36.4 Å². The van der Waals surface area contributed by atoms with E-state index >= 15 is 0 Å². The van der Waals surface area contributed by atoms with Gasteiger partial charge in [0.2, 0.25) is 0 Å². The summed E-state index contributed by atoms with van der Waals surface area (Å²) in [4.78, 5) is 25.7. The van der Waals surface area contributed by atoms with Crippen LogP contribution in [0.1, 0.15) is 34.8 Å². The highest BCUT2D eigenvalue weighted by molar-refractivity contribution is 5.96. The maximum Gasteiger partial charge on any atom is 0.293 e. The van der Waals surface area contributed by atoms with E-state index in [0.29, 0.717) is 42.5 Å². The highest BCUT2D eigenvalue weighted by Crippen LogP contribution is 2.39. The van der Waals surface area contributed by atoms with Crippen molar-refractivity contribution in [2.45, 2.75) is 18.9 Å². The second-order valence-corrected chi connectivity index (χ2v) is 6.80. The van der Waals surface area contributed by atoms with Gasteiger partial charge in [-0.3, -0.25) is 14.9 Å². The van der Waals surface area contributed by atoms with Crippen LogP contribution in [-0.2, 0) is 0 Å². The van der Waals surface area contributed by atoms with E-state index in [-0.39, 0.29) is 17.6 Å². The van der Waals surface area contributed by atoms with E-state index in [0.717, 1.165) is 18.4 Å². The molecular weight excluding hydrogens is 362 g/mol. The van der Waals surface area contributed by atoms with Gasteiger partial charge in [0.15, 0.2) is 11.5 Å². The smallest absolute Gasteiger partial charge is 0.293 e. The molecule has 1 atom stereocenters. The predicted molar refractivity (Wildman–Crippen MR) is 103 cm³/mol. The van der Waals surface area contributed by atoms with Crippen LogP contribution in [0.3, 0.4) is 0 Å². The van der Waals surface area contributed by atoms with E-state index < -0.39 is 4.92 Å². The predicted octanol–water partition coefficient (Wildman–Crippen LogP) is 3.39. The molecule has 0 radical (unpaired) electrons. The number of nitro benzene ring substituents is 1. The number of hydrogen-bond donors (Lipinski definition) is 1. The zero-order valence-corrected chi connectivity index (χ0v) is 15.5. The fourth-order valence-electron chi connectivity index (χ4n) is 3.82. The molecule has 0 spiro atoms. The first-order valence-electron chi connectivity index (χ1n) is 9.25. The van der Waals surface area contributed by atoms with E-state index in [4.69, 9.17) is 9.47 Å². The highest BCUT2D eigenvalue weighted by Gasteiger charge is 2.32. The Morgan fingerprint density at radius 3 is 2.71 bits per heavy atom. The Morgan fingerprint density at radius 2 is 1.96 bits per heavy atom. The monoisotopic (exact) mass is 383 g/mol. The summed E-state index contributed by atoms with van der Waals surface area (Å²) in [6.07, 6.45) is 1.71. The zero-order valence-electron chi connectivity index (χ0n) is 15.5. The molecule has 1 saturated heterocycles. The lowest BCUT2D eigenvalue weighted by molar-refractivity contribution is -0.384. The molecule has 8 nitrogen and oxygen atoms in total. The van der Waals surface area contributed by atoms with Gasteiger partial charge in [-0.05, 0) is 42.7 Å².